The molecule has 0 aliphatic carbocycles. The number of hydrogen-bond donors (Lipinski definition) is 0. The highest BCUT2D eigenvalue weighted by atomic mass is 35.5. The first-order valence-corrected chi connectivity index (χ1v) is 6.69. The fourth-order valence-corrected chi connectivity index (χ4v) is 2.88. The van der Waals surface area contributed by atoms with Crippen molar-refractivity contribution in [2.75, 3.05) is 0 Å². The van der Waals surface area contributed by atoms with Gasteiger partial charge in [0.25, 0.3) is 0 Å². The Morgan fingerprint density at radius 2 is 2.11 bits per heavy atom. The number of fused-ring (bicyclic) bond motifs is 1. The Bertz CT molecular complexity index is 700. The lowest BCUT2D eigenvalue weighted by molar-refractivity contribution is 0.496. The van der Waals surface area contributed by atoms with Gasteiger partial charge in [0.15, 0.2) is 0 Å². The van der Waals surface area contributed by atoms with Gasteiger partial charge in [-0.05, 0) is 24.6 Å². The van der Waals surface area contributed by atoms with Crippen molar-refractivity contribution in [2.24, 2.45) is 7.05 Å². The second-order valence-electron chi connectivity index (χ2n) is 4.63. The fraction of sp³-hybridized carbons (Fsp3) is 0.286. The minimum absolute atomic E-state index is 0.112. The van der Waals surface area contributed by atoms with E-state index in [1.807, 2.05) is 24.0 Å². The topological polar surface area (TPSA) is 35.6 Å². The van der Waals surface area contributed by atoms with Crippen LogP contribution in [0.2, 0.25) is 5.02 Å². The van der Waals surface area contributed by atoms with E-state index in [4.69, 9.17) is 11.6 Å². The number of rotatable bonds is 3. The van der Waals surface area contributed by atoms with Crippen LogP contribution < -0.4 is 0 Å². The monoisotopic (exact) mass is 274 g/mol. The van der Waals surface area contributed by atoms with Crippen molar-refractivity contribution in [1.29, 1.82) is 0 Å². The van der Waals surface area contributed by atoms with E-state index in [0.29, 0.717) is 0 Å². The van der Waals surface area contributed by atoms with E-state index in [9.17, 15) is 0 Å². The number of halogens is 1. The number of hydrogen-bond acceptors (Lipinski definition) is 2. The number of nitrogens with zero attached hydrogens (tertiary/aromatic N) is 4. The van der Waals surface area contributed by atoms with Crippen molar-refractivity contribution in [3.8, 4) is 0 Å². The molecular formula is C14H15ClN4. The molecule has 0 N–H and O–H groups in total. The number of benzene rings is 1. The van der Waals surface area contributed by atoms with Crippen molar-refractivity contribution >= 4 is 22.5 Å². The molecule has 0 spiro atoms. The minimum Gasteiger partial charge on any atom is -0.351 e. The maximum Gasteiger partial charge on any atom is 0.0804 e. The molecule has 0 aliphatic rings. The SMILES string of the molecule is CCC(c1c(Cl)ccc2c1ccn2C)n1ccnn1. The average molecular weight is 275 g/mol. The maximum absolute atomic E-state index is 6.43. The van der Waals surface area contributed by atoms with Crippen molar-refractivity contribution in [3.05, 3.63) is 47.4 Å². The normalized spacial score (nSPS) is 13.0. The Morgan fingerprint density at radius 3 is 2.79 bits per heavy atom. The van der Waals surface area contributed by atoms with Crippen LogP contribution >= 0.6 is 11.6 Å². The minimum atomic E-state index is 0.112. The van der Waals surface area contributed by atoms with Gasteiger partial charge in [-0.25, -0.2) is 4.68 Å². The second kappa shape index (κ2) is 4.70. The van der Waals surface area contributed by atoms with E-state index >= 15 is 0 Å². The van der Waals surface area contributed by atoms with Crippen LogP contribution in [0.5, 0.6) is 0 Å². The summed E-state index contributed by atoms with van der Waals surface area (Å²) in [7, 11) is 2.04. The van der Waals surface area contributed by atoms with Crippen LogP contribution in [-0.4, -0.2) is 19.6 Å². The van der Waals surface area contributed by atoms with E-state index < -0.39 is 0 Å². The van der Waals surface area contributed by atoms with Crippen molar-refractivity contribution in [1.82, 2.24) is 19.6 Å². The number of aromatic nitrogens is 4. The molecule has 3 rings (SSSR count). The molecule has 2 heterocycles. The molecule has 2 aromatic heterocycles. The molecule has 1 aromatic carbocycles. The van der Waals surface area contributed by atoms with Crippen LogP contribution in [0.25, 0.3) is 10.9 Å². The molecule has 0 saturated carbocycles. The first-order chi connectivity index (χ1) is 9.22. The van der Waals surface area contributed by atoms with Gasteiger partial charge in [-0.1, -0.05) is 23.7 Å². The highest BCUT2D eigenvalue weighted by Gasteiger charge is 2.19. The molecule has 5 heteroatoms. The van der Waals surface area contributed by atoms with Gasteiger partial charge in [0.05, 0.1) is 12.2 Å². The predicted octanol–water partition coefficient (Wildman–Crippen LogP) is 3.42. The van der Waals surface area contributed by atoms with Crippen LogP contribution in [0.4, 0.5) is 0 Å². The largest absolute Gasteiger partial charge is 0.351 e. The molecule has 98 valence electrons. The van der Waals surface area contributed by atoms with Crippen molar-refractivity contribution < 1.29 is 0 Å². The molecule has 1 atom stereocenters. The summed E-state index contributed by atoms with van der Waals surface area (Å²) in [6.07, 6.45) is 6.55. The summed E-state index contributed by atoms with van der Waals surface area (Å²) in [6, 6.07) is 6.23. The Balaban J connectivity index is 2.25. The molecular weight excluding hydrogens is 260 g/mol. The lowest BCUT2D eigenvalue weighted by Gasteiger charge is -2.18. The van der Waals surface area contributed by atoms with Gasteiger partial charge in [0.1, 0.15) is 0 Å². The Hall–Kier alpha value is -1.81. The van der Waals surface area contributed by atoms with Crippen LogP contribution in [0.1, 0.15) is 24.9 Å². The first kappa shape index (κ1) is 12.2. The highest BCUT2D eigenvalue weighted by Crippen LogP contribution is 2.34. The van der Waals surface area contributed by atoms with E-state index in [0.717, 1.165) is 17.0 Å². The molecule has 4 nitrogen and oxygen atoms in total. The smallest absolute Gasteiger partial charge is 0.0804 e. The lowest BCUT2D eigenvalue weighted by Crippen LogP contribution is -2.11. The van der Waals surface area contributed by atoms with E-state index in [2.05, 4.69) is 40.1 Å². The third-order valence-electron chi connectivity index (χ3n) is 3.54. The molecule has 19 heavy (non-hydrogen) atoms. The maximum atomic E-state index is 6.43. The third-order valence-corrected chi connectivity index (χ3v) is 3.87. The number of aryl methyl sites for hydroxylation is 1. The third kappa shape index (κ3) is 1.92. The quantitative estimate of drug-likeness (QED) is 0.734. The molecule has 0 radical (unpaired) electrons. The van der Waals surface area contributed by atoms with Crippen LogP contribution in [0.15, 0.2) is 36.8 Å². The Kier molecular flexibility index (Phi) is 3.03. The van der Waals surface area contributed by atoms with Crippen LogP contribution in [0, 0.1) is 0 Å². The molecule has 1 unspecified atom stereocenters. The summed E-state index contributed by atoms with van der Waals surface area (Å²) in [6.45, 7) is 2.13. The van der Waals surface area contributed by atoms with Crippen molar-refractivity contribution in [2.45, 2.75) is 19.4 Å². The standard InChI is InChI=1S/C14H15ClN4/c1-3-12(19-9-7-16-17-19)14-10-6-8-18(2)13(10)5-4-11(14)15/h4-9,12H,3H2,1-2H3. The van der Waals surface area contributed by atoms with Gasteiger partial charge in [0, 0.05) is 40.9 Å². The Morgan fingerprint density at radius 1 is 1.26 bits per heavy atom. The molecule has 0 aliphatic heterocycles. The molecule has 0 saturated heterocycles. The summed E-state index contributed by atoms with van der Waals surface area (Å²) >= 11 is 6.43. The van der Waals surface area contributed by atoms with Gasteiger partial charge < -0.3 is 4.57 Å². The molecule has 0 fully saturated rings. The van der Waals surface area contributed by atoms with Gasteiger partial charge in [-0.15, -0.1) is 5.10 Å². The van der Waals surface area contributed by atoms with Gasteiger partial charge >= 0.3 is 0 Å². The van der Waals surface area contributed by atoms with Gasteiger partial charge in [-0.3, -0.25) is 0 Å². The van der Waals surface area contributed by atoms with Gasteiger partial charge in [-0.2, -0.15) is 0 Å². The molecule has 0 bridgehead atoms. The summed E-state index contributed by atoms with van der Waals surface area (Å²) < 4.78 is 3.97. The summed E-state index contributed by atoms with van der Waals surface area (Å²) in [4.78, 5) is 0. The molecule has 0 amide bonds. The fourth-order valence-electron chi connectivity index (χ4n) is 2.59. The second-order valence-corrected chi connectivity index (χ2v) is 5.03. The zero-order chi connectivity index (χ0) is 13.4. The average Bonchev–Trinajstić information content (AvgIpc) is 3.03. The van der Waals surface area contributed by atoms with Crippen LogP contribution in [0.3, 0.4) is 0 Å². The Labute approximate surface area is 116 Å². The van der Waals surface area contributed by atoms with E-state index in [1.165, 1.54) is 10.9 Å². The van der Waals surface area contributed by atoms with Crippen LogP contribution in [-0.2, 0) is 7.05 Å². The van der Waals surface area contributed by atoms with Crippen molar-refractivity contribution in [3.63, 3.8) is 0 Å². The molecule has 3 aromatic rings. The van der Waals surface area contributed by atoms with E-state index in [1.54, 1.807) is 6.20 Å². The predicted molar refractivity (Wildman–Crippen MR) is 76.4 cm³/mol. The summed E-state index contributed by atoms with van der Waals surface area (Å²) in [5, 5.41) is 9.97. The zero-order valence-corrected chi connectivity index (χ0v) is 11.7. The summed E-state index contributed by atoms with van der Waals surface area (Å²) in [5.74, 6) is 0. The first-order valence-electron chi connectivity index (χ1n) is 6.31. The van der Waals surface area contributed by atoms with E-state index in [-0.39, 0.29) is 6.04 Å². The zero-order valence-electron chi connectivity index (χ0n) is 10.9. The highest BCUT2D eigenvalue weighted by molar-refractivity contribution is 6.32. The lowest BCUT2D eigenvalue weighted by atomic mass is 10.0. The van der Waals surface area contributed by atoms with Gasteiger partial charge in [0.2, 0.25) is 0 Å². The summed E-state index contributed by atoms with van der Waals surface area (Å²) in [5.41, 5.74) is 2.30.